The van der Waals surface area contributed by atoms with Gasteiger partial charge in [-0.1, -0.05) is 24.2 Å². The second-order valence-electron chi connectivity index (χ2n) is 6.33. The van der Waals surface area contributed by atoms with E-state index < -0.39 is 0 Å². The van der Waals surface area contributed by atoms with Crippen molar-refractivity contribution in [1.29, 1.82) is 0 Å². The van der Waals surface area contributed by atoms with Crippen LogP contribution in [0.1, 0.15) is 49.5 Å². The van der Waals surface area contributed by atoms with Crippen molar-refractivity contribution in [3.8, 4) is 0 Å². The van der Waals surface area contributed by atoms with Crippen molar-refractivity contribution in [2.45, 2.75) is 38.6 Å². The summed E-state index contributed by atoms with van der Waals surface area (Å²) in [7, 11) is 0. The molecule has 1 aromatic heterocycles. The maximum atomic E-state index is 13.0. The summed E-state index contributed by atoms with van der Waals surface area (Å²) in [5.41, 5.74) is 0.927. The molecule has 7 heteroatoms. The van der Waals surface area contributed by atoms with Crippen LogP contribution in [0.2, 0.25) is 0 Å². The SMILES string of the molecule is CCCNC(=O)CN1CCC[C@H]1c1nc(Cc2ccc(F)cc2)no1. The van der Waals surface area contributed by atoms with E-state index in [2.05, 4.69) is 20.4 Å². The Balaban J connectivity index is 1.62. The van der Waals surface area contributed by atoms with Crippen LogP contribution in [0, 0.1) is 5.82 Å². The summed E-state index contributed by atoms with van der Waals surface area (Å²) >= 11 is 0. The minimum absolute atomic E-state index is 0.0122. The molecule has 1 saturated heterocycles. The lowest BCUT2D eigenvalue weighted by Gasteiger charge is -2.20. The van der Waals surface area contributed by atoms with Gasteiger partial charge in [0.1, 0.15) is 5.82 Å². The van der Waals surface area contributed by atoms with Crippen molar-refractivity contribution in [2.75, 3.05) is 19.6 Å². The molecule has 1 fully saturated rings. The number of likely N-dealkylation sites (tertiary alicyclic amines) is 1. The maximum Gasteiger partial charge on any atom is 0.244 e. The van der Waals surface area contributed by atoms with Crippen LogP contribution in [0.5, 0.6) is 0 Å². The third-order valence-electron chi connectivity index (χ3n) is 4.33. The minimum atomic E-state index is -0.263. The number of hydrogen-bond acceptors (Lipinski definition) is 5. The van der Waals surface area contributed by atoms with Crippen molar-refractivity contribution in [2.24, 2.45) is 0 Å². The van der Waals surface area contributed by atoms with Gasteiger partial charge in [-0.05, 0) is 43.5 Å². The number of nitrogens with one attached hydrogen (secondary N) is 1. The number of carbonyl (C=O) groups excluding carboxylic acids is 1. The van der Waals surface area contributed by atoms with Crippen LogP contribution < -0.4 is 5.32 Å². The Morgan fingerprint density at radius 2 is 2.20 bits per heavy atom. The van der Waals surface area contributed by atoms with E-state index in [1.54, 1.807) is 12.1 Å². The molecule has 1 aliphatic heterocycles. The number of rotatable bonds is 7. The highest BCUT2D eigenvalue weighted by molar-refractivity contribution is 5.78. The summed E-state index contributed by atoms with van der Waals surface area (Å²) in [6.07, 6.45) is 3.32. The highest BCUT2D eigenvalue weighted by Crippen LogP contribution is 2.30. The third kappa shape index (κ3) is 4.63. The Labute approximate surface area is 146 Å². The zero-order valence-corrected chi connectivity index (χ0v) is 14.4. The van der Waals surface area contributed by atoms with Gasteiger partial charge in [0.05, 0.1) is 12.6 Å². The lowest BCUT2D eigenvalue weighted by Crippen LogP contribution is -2.37. The molecule has 3 rings (SSSR count). The van der Waals surface area contributed by atoms with Gasteiger partial charge in [0.25, 0.3) is 0 Å². The Kier molecular flexibility index (Phi) is 5.75. The van der Waals surface area contributed by atoms with Crippen molar-refractivity contribution in [3.63, 3.8) is 0 Å². The fraction of sp³-hybridized carbons (Fsp3) is 0.500. The molecule has 6 nitrogen and oxygen atoms in total. The first-order valence-electron chi connectivity index (χ1n) is 8.73. The minimum Gasteiger partial charge on any atom is -0.355 e. The van der Waals surface area contributed by atoms with E-state index in [1.165, 1.54) is 12.1 Å². The zero-order chi connectivity index (χ0) is 17.6. The zero-order valence-electron chi connectivity index (χ0n) is 14.4. The lowest BCUT2D eigenvalue weighted by molar-refractivity contribution is -0.122. The van der Waals surface area contributed by atoms with Gasteiger partial charge in [0, 0.05) is 13.0 Å². The molecular weight excluding hydrogens is 323 g/mol. The number of nitrogens with zero attached hydrogens (tertiary/aromatic N) is 3. The largest absolute Gasteiger partial charge is 0.355 e. The van der Waals surface area contributed by atoms with Crippen molar-refractivity contribution in [1.82, 2.24) is 20.4 Å². The van der Waals surface area contributed by atoms with Crippen LogP contribution in [0.4, 0.5) is 4.39 Å². The van der Waals surface area contributed by atoms with Gasteiger partial charge in [0.15, 0.2) is 5.82 Å². The first-order chi connectivity index (χ1) is 12.2. The summed E-state index contributed by atoms with van der Waals surface area (Å²) in [4.78, 5) is 18.5. The highest BCUT2D eigenvalue weighted by atomic mass is 19.1. The van der Waals surface area contributed by atoms with Gasteiger partial charge >= 0.3 is 0 Å². The smallest absolute Gasteiger partial charge is 0.244 e. The molecule has 1 N–H and O–H groups in total. The van der Waals surface area contributed by atoms with Gasteiger partial charge in [-0.25, -0.2) is 4.39 Å². The fourth-order valence-electron chi connectivity index (χ4n) is 3.06. The Hall–Kier alpha value is -2.28. The Morgan fingerprint density at radius 1 is 1.40 bits per heavy atom. The average molecular weight is 346 g/mol. The number of benzene rings is 1. The standard InChI is InChI=1S/C18H23FN4O2/c1-2-9-20-17(24)12-23-10-3-4-15(23)18-21-16(22-25-18)11-13-5-7-14(19)8-6-13/h5-8,15H,2-4,9-12H2,1H3,(H,20,24)/t15-/m0/s1. The quantitative estimate of drug-likeness (QED) is 0.834. The molecule has 1 aliphatic rings. The van der Waals surface area contributed by atoms with Crippen LogP contribution in [-0.2, 0) is 11.2 Å². The molecule has 1 aromatic carbocycles. The van der Waals surface area contributed by atoms with E-state index in [4.69, 9.17) is 4.52 Å². The summed E-state index contributed by atoms with van der Waals surface area (Å²) < 4.78 is 18.4. The Morgan fingerprint density at radius 3 is 2.96 bits per heavy atom. The van der Waals surface area contributed by atoms with Gasteiger partial charge in [-0.3, -0.25) is 9.69 Å². The lowest BCUT2D eigenvalue weighted by atomic mass is 10.1. The highest BCUT2D eigenvalue weighted by Gasteiger charge is 2.31. The van der Waals surface area contributed by atoms with E-state index in [1.807, 2.05) is 6.92 Å². The molecule has 2 heterocycles. The third-order valence-corrected chi connectivity index (χ3v) is 4.33. The van der Waals surface area contributed by atoms with Crippen LogP contribution in [0.25, 0.3) is 0 Å². The van der Waals surface area contributed by atoms with Crippen LogP contribution in [0.3, 0.4) is 0 Å². The average Bonchev–Trinajstić information content (AvgIpc) is 3.24. The van der Waals surface area contributed by atoms with Gasteiger partial charge in [0.2, 0.25) is 11.8 Å². The second kappa shape index (κ2) is 8.20. The van der Waals surface area contributed by atoms with Gasteiger partial charge in [-0.2, -0.15) is 4.98 Å². The molecule has 0 saturated carbocycles. The molecule has 0 spiro atoms. The van der Waals surface area contributed by atoms with Crippen LogP contribution in [0.15, 0.2) is 28.8 Å². The molecule has 0 bridgehead atoms. The van der Waals surface area contributed by atoms with Crippen LogP contribution >= 0.6 is 0 Å². The molecule has 134 valence electrons. The van der Waals surface area contributed by atoms with E-state index in [-0.39, 0.29) is 17.8 Å². The number of aromatic nitrogens is 2. The topological polar surface area (TPSA) is 71.3 Å². The number of hydrogen-bond donors (Lipinski definition) is 1. The number of amides is 1. The van der Waals surface area contributed by atoms with Gasteiger partial charge in [-0.15, -0.1) is 0 Å². The van der Waals surface area contributed by atoms with E-state index in [9.17, 15) is 9.18 Å². The molecule has 0 aliphatic carbocycles. The summed E-state index contributed by atoms with van der Waals surface area (Å²) in [5.74, 6) is 0.891. The number of carbonyl (C=O) groups is 1. The first kappa shape index (κ1) is 17.5. The Bertz CT molecular complexity index is 701. The molecular formula is C18H23FN4O2. The summed E-state index contributed by atoms with van der Waals surface area (Å²) in [5, 5.41) is 6.93. The van der Waals surface area contributed by atoms with Crippen LogP contribution in [-0.4, -0.2) is 40.6 Å². The van der Waals surface area contributed by atoms with Crippen molar-refractivity contribution < 1.29 is 13.7 Å². The summed E-state index contributed by atoms with van der Waals surface area (Å²) in [6.45, 7) is 3.92. The summed E-state index contributed by atoms with van der Waals surface area (Å²) in [6, 6.07) is 6.26. The molecule has 1 amide bonds. The number of halogens is 1. The van der Waals surface area contributed by atoms with E-state index in [0.717, 1.165) is 31.4 Å². The molecule has 0 unspecified atom stereocenters. The van der Waals surface area contributed by atoms with Gasteiger partial charge < -0.3 is 9.84 Å². The van der Waals surface area contributed by atoms with E-state index >= 15 is 0 Å². The maximum absolute atomic E-state index is 13.0. The monoisotopic (exact) mass is 346 g/mol. The molecule has 25 heavy (non-hydrogen) atoms. The normalized spacial score (nSPS) is 17.8. The molecule has 0 radical (unpaired) electrons. The molecule has 1 atom stereocenters. The van der Waals surface area contributed by atoms with Crippen molar-refractivity contribution >= 4 is 5.91 Å². The van der Waals surface area contributed by atoms with E-state index in [0.29, 0.717) is 31.2 Å². The predicted molar refractivity (Wildman–Crippen MR) is 90.4 cm³/mol. The second-order valence-corrected chi connectivity index (χ2v) is 6.33. The van der Waals surface area contributed by atoms with Crippen molar-refractivity contribution in [3.05, 3.63) is 47.4 Å². The predicted octanol–water partition coefficient (Wildman–Crippen LogP) is 2.46. The first-order valence-corrected chi connectivity index (χ1v) is 8.73. The fourth-order valence-corrected chi connectivity index (χ4v) is 3.06. The molecule has 2 aromatic rings.